The van der Waals surface area contributed by atoms with Crippen LogP contribution in [0.3, 0.4) is 0 Å². The summed E-state index contributed by atoms with van der Waals surface area (Å²) >= 11 is 0. The number of H-pyrrole nitrogens is 1. The fraction of sp³-hybridized carbons (Fsp3) is 0.154. The Bertz CT molecular complexity index is 715. The van der Waals surface area contributed by atoms with Crippen molar-refractivity contribution in [2.75, 3.05) is 0 Å². The van der Waals surface area contributed by atoms with E-state index in [1.54, 1.807) is 17.2 Å². The second-order valence-electron chi connectivity index (χ2n) is 4.36. The Morgan fingerprint density at radius 2 is 2.32 bits per heavy atom. The van der Waals surface area contributed by atoms with Crippen molar-refractivity contribution in [3.63, 3.8) is 0 Å². The van der Waals surface area contributed by atoms with E-state index in [2.05, 4.69) is 15.1 Å². The summed E-state index contributed by atoms with van der Waals surface area (Å²) in [5, 5.41) is 13.9. The Kier molecular flexibility index (Phi) is 2.75. The van der Waals surface area contributed by atoms with Crippen LogP contribution in [0.25, 0.3) is 10.9 Å². The Morgan fingerprint density at radius 1 is 1.42 bits per heavy atom. The first-order valence-electron chi connectivity index (χ1n) is 5.85. The van der Waals surface area contributed by atoms with Crippen molar-refractivity contribution in [3.8, 4) is 0 Å². The molecule has 0 aliphatic rings. The molecular formula is C13H12N4O2. The predicted octanol–water partition coefficient (Wildman–Crippen LogP) is 1.43. The van der Waals surface area contributed by atoms with Gasteiger partial charge in [0, 0.05) is 17.1 Å². The number of carboxylic acid groups (broad SMARTS) is 1. The SMILES string of the molecule is O=C(O)Cc1c[nH][13c]2[13cH][13cH][13c](Cn3cncn3)[13cH][13c]12. The number of rotatable bonds is 4. The van der Waals surface area contributed by atoms with Gasteiger partial charge in [0.25, 0.3) is 0 Å². The normalized spacial score (nSPS) is 10.9. The van der Waals surface area contributed by atoms with Crippen molar-refractivity contribution >= 4 is 16.9 Å². The van der Waals surface area contributed by atoms with Crippen molar-refractivity contribution < 1.29 is 9.90 Å². The molecule has 0 amide bonds. The molecule has 2 aromatic heterocycles. The maximum atomic E-state index is 10.8. The van der Waals surface area contributed by atoms with Crippen LogP contribution in [0.1, 0.15) is 11.1 Å². The van der Waals surface area contributed by atoms with Gasteiger partial charge in [-0.1, -0.05) is 6.07 Å². The average Bonchev–Trinajstić information content (AvgIpc) is 3.00. The molecule has 1 aromatic carbocycles. The molecular weight excluding hydrogens is 250 g/mol. The summed E-state index contributed by atoms with van der Waals surface area (Å²) in [7, 11) is 0. The number of aliphatic carboxylic acids is 1. The second kappa shape index (κ2) is 4.56. The van der Waals surface area contributed by atoms with Crippen LogP contribution in [0.4, 0.5) is 0 Å². The maximum absolute atomic E-state index is 10.8. The molecule has 2 heterocycles. The number of nitrogens with zero attached hydrogens (tertiary/aromatic N) is 3. The summed E-state index contributed by atoms with van der Waals surface area (Å²) < 4.78 is 1.73. The van der Waals surface area contributed by atoms with Crippen molar-refractivity contribution in [1.29, 1.82) is 0 Å². The summed E-state index contributed by atoms with van der Waals surface area (Å²) in [6.07, 6.45) is 4.91. The van der Waals surface area contributed by atoms with Gasteiger partial charge in [-0.05, 0) is 23.3 Å². The third kappa shape index (κ3) is 2.33. The molecule has 2 N–H and O–H groups in total. The molecule has 6 nitrogen and oxygen atoms in total. The Morgan fingerprint density at radius 3 is 3.05 bits per heavy atom. The van der Waals surface area contributed by atoms with Crippen LogP contribution < -0.4 is 0 Å². The van der Waals surface area contributed by atoms with Crippen molar-refractivity contribution in [2.45, 2.75) is 13.0 Å². The molecule has 0 aliphatic heterocycles. The predicted molar refractivity (Wildman–Crippen MR) is 68.8 cm³/mol. The van der Waals surface area contributed by atoms with Gasteiger partial charge in [-0.15, -0.1) is 0 Å². The van der Waals surface area contributed by atoms with Crippen LogP contribution in [0.15, 0.2) is 37.1 Å². The van der Waals surface area contributed by atoms with Crippen molar-refractivity contribution in [2.24, 2.45) is 0 Å². The minimum atomic E-state index is -0.831. The molecule has 0 atom stereocenters. The van der Waals surface area contributed by atoms with Gasteiger partial charge in [-0.25, -0.2) is 9.67 Å². The zero-order valence-corrected chi connectivity index (χ0v) is 10.1. The average molecular weight is 262 g/mol. The number of carboxylic acids is 1. The fourth-order valence-corrected chi connectivity index (χ4v) is 2.13. The van der Waals surface area contributed by atoms with Gasteiger partial charge in [0.05, 0.1) is 13.0 Å². The maximum Gasteiger partial charge on any atom is 0.307 e. The summed E-state index contributed by atoms with van der Waals surface area (Å²) in [4.78, 5) is 17.8. The van der Waals surface area contributed by atoms with E-state index >= 15 is 0 Å². The summed E-state index contributed by atoms with van der Waals surface area (Å²) in [5.74, 6) is -0.831. The molecule has 0 saturated heterocycles. The lowest BCUT2D eigenvalue weighted by Gasteiger charge is -2.02. The van der Waals surface area contributed by atoms with Gasteiger partial charge in [0.1, 0.15) is 12.7 Å². The molecule has 0 radical (unpaired) electrons. The van der Waals surface area contributed by atoms with Crippen LogP contribution in [-0.4, -0.2) is 30.8 Å². The van der Waals surface area contributed by atoms with Crippen LogP contribution in [0.5, 0.6) is 0 Å². The summed E-state index contributed by atoms with van der Waals surface area (Å²) in [6.45, 7) is 0.619. The first kappa shape index (κ1) is 11.5. The minimum absolute atomic E-state index is 0.0206. The van der Waals surface area contributed by atoms with E-state index in [0.717, 1.165) is 22.0 Å². The minimum Gasteiger partial charge on any atom is -0.481 e. The molecule has 0 unspecified atom stereocenters. The highest BCUT2D eigenvalue weighted by Crippen LogP contribution is 2.20. The molecule has 0 bridgehead atoms. The molecule has 0 fully saturated rings. The molecule has 19 heavy (non-hydrogen) atoms. The van der Waals surface area contributed by atoms with Crippen LogP contribution >= 0.6 is 0 Å². The highest BCUT2D eigenvalue weighted by molar-refractivity contribution is 5.87. The van der Waals surface area contributed by atoms with E-state index in [0.29, 0.717) is 6.54 Å². The number of aromatic amines is 1. The van der Waals surface area contributed by atoms with Gasteiger partial charge >= 0.3 is 5.97 Å². The van der Waals surface area contributed by atoms with Gasteiger partial charge in [0.2, 0.25) is 0 Å². The zero-order valence-electron chi connectivity index (χ0n) is 10.1. The van der Waals surface area contributed by atoms with E-state index in [1.165, 1.54) is 6.33 Å². The van der Waals surface area contributed by atoms with E-state index in [9.17, 15) is 4.79 Å². The molecule has 0 saturated carbocycles. The first-order chi connectivity index (χ1) is 9.22. The number of fused-ring (bicyclic) bond motifs is 1. The molecule has 0 aliphatic carbocycles. The third-order valence-electron chi connectivity index (χ3n) is 2.98. The second-order valence-corrected chi connectivity index (χ2v) is 4.36. The Labute approximate surface area is 108 Å². The fourth-order valence-electron chi connectivity index (χ4n) is 2.13. The lowest BCUT2D eigenvalue weighted by molar-refractivity contribution is -0.136. The van der Waals surface area contributed by atoms with E-state index in [-0.39, 0.29) is 6.42 Å². The number of hydrogen-bond acceptors (Lipinski definition) is 3. The highest BCUT2D eigenvalue weighted by Gasteiger charge is 2.08. The summed E-state index contributed by atoms with van der Waals surface area (Å²) in [6, 6.07) is 5.93. The van der Waals surface area contributed by atoms with E-state index in [1.807, 2.05) is 18.2 Å². The van der Waals surface area contributed by atoms with Gasteiger partial charge < -0.3 is 10.1 Å². The van der Waals surface area contributed by atoms with Crippen LogP contribution in [0.2, 0.25) is 0 Å². The molecule has 3 rings (SSSR count). The Hall–Kier alpha value is -2.63. The molecule has 96 valence electrons. The lowest BCUT2D eigenvalue weighted by Crippen LogP contribution is -2.01. The Balaban J connectivity index is 1.96. The molecule has 3 aromatic rings. The number of hydrogen-bond donors (Lipinski definition) is 2. The van der Waals surface area contributed by atoms with Gasteiger partial charge in [0.15, 0.2) is 0 Å². The molecule has 0 spiro atoms. The van der Waals surface area contributed by atoms with E-state index < -0.39 is 5.97 Å². The standard InChI is InChI=1S/C13H12N4O2/c18-13(19)4-10-5-15-12-2-1-9(3-11(10)12)6-17-8-14-7-16-17/h1-3,5,7-8,15H,4,6H2,(H,18,19)/i1+1,2+1,3+1,9+1,11+1,12+1. The smallest absolute Gasteiger partial charge is 0.307 e. The largest absolute Gasteiger partial charge is 0.481 e. The van der Waals surface area contributed by atoms with Gasteiger partial charge in [-0.3, -0.25) is 4.79 Å². The number of benzene rings is 1. The van der Waals surface area contributed by atoms with Crippen LogP contribution in [0, 0.1) is 0 Å². The summed E-state index contributed by atoms with van der Waals surface area (Å²) in [5.41, 5.74) is 2.80. The highest BCUT2D eigenvalue weighted by atomic mass is 16.4. The molecule has 6 heteroatoms. The number of aromatic nitrogens is 4. The van der Waals surface area contributed by atoms with Crippen molar-refractivity contribution in [1.82, 2.24) is 19.7 Å². The van der Waals surface area contributed by atoms with Gasteiger partial charge in [-0.2, -0.15) is 5.10 Å². The van der Waals surface area contributed by atoms with Crippen molar-refractivity contribution in [3.05, 3.63) is 48.2 Å². The number of carbonyl (C=O) groups is 1. The topological polar surface area (TPSA) is 83.8 Å². The van der Waals surface area contributed by atoms with Crippen LogP contribution in [-0.2, 0) is 17.8 Å². The quantitative estimate of drug-likeness (QED) is 0.745. The first-order valence-corrected chi connectivity index (χ1v) is 5.85. The van der Waals surface area contributed by atoms with E-state index in [4.69, 9.17) is 5.11 Å². The third-order valence-corrected chi connectivity index (χ3v) is 2.98. The zero-order chi connectivity index (χ0) is 13.2. The monoisotopic (exact) mass is 262 g/mol. The lowest BCUT2D eigenvalue weighted by atomic mass is 10.3. The number of nitrogens with one attached hydrogen (secondary N) is 1.